The first-order chi connectivity index (χ1) is 17.4. The van der Waals surface area contributed by atoms with Crippen LogP contribution in [0.4, 0.5) is 16.2 Å². The molecule has 0 aliphatic carbocycles. The first kappa shape index (κ1) is 25.0. The molecule has 188 valence electrons. The van der Waals surface area contributed by atoms with Gasteiger partial charge >= 0.3 is 6.03 Å². The number of Topliss-reactive ketones (excluding diaryl/α,β-unsaturated/α-hetero) is 1. The number of ketones is 1. The number of rotatable bonds is 7. The highest BCUT2D eigenvalue weighted by Gasteiger charge is 2.24. The molecule has 3 aromatic rings. The van der Waals surface area contributed by atoms with Gasteiger partial charge in [-0.25, -0.2) is 9.78 Å². The lowest BCUT2D eigenvalue weighted by Gasteiger charge is -2.27. The molecule has 0 radical (unpaired) electrons. The molecule has 1 fully saturated rings. The first-order valence-corrected chi connectivity index (χ1v) is 11.5. The number of amides is 3. The van der Waals surface area contributed by atoms with Crippen molar-refractivity contribution in [1.29, 1.82) is 0 Å². The van der Waals surface area contributed by atoms with Crippen LogP contribution in [0.5, 0.6) is 0 Å². The van der Waals surface area contributed by atoms with Gasteiger partial charge in [0, 0.05) is 37.1 Å². The average Bonchev–Trinajstić information content (AvgIpc) is 2.88. The lowest BCUT2D eigenvalue weighted by Crippen LogP contribution is -2.43. The molecule has 0 spiro atoms. The summed E-state index contributed by atoms with van der Waals surface area (Å²) in [6.07, 6.45) is 0. The molecule has 3 amide bonds. The normalized spacial score (nSPS) is 13.4. The molecule has 2 heterocycles. The number of hydrogen-bond acceptors (Lipinski definition) is 7. The minimum atomic E-state index is -0.540. The SMILES string of the molecule is COCCn1c(C(=O)N2CCOCC2)nc2ccc(NC(=O)Nc3cccc(C(C)=O)c3)cc2c1=O. The maximum atomic E-state index is 13.4. The van der Waals surface area contributed by atoms with Crippen molar-refractivity contribution in [1.82, 2.24) is 14.5 Å². The summed E-state index contributed by atoms with van der Waals surface area (Å²) in [7, 11) is 1.51. The van der Waals surface area contributed by atoms with E-state index < -0.39 is 11.6 Å². The van der Waals surface area contributed by atoms with Crippen LogP contribution in [0.3, 0.4) is 0 Å². The molecular weight excluding hydrogens is 466 g/mol. The Labute approximate surface area is 207 Å². The predicted octanol–water partition coefficient (Wildman–Crippen LogP) is 2.36. The molecular formula is C25H27N5O6. The molecule has 4 rings (SSSR count). The van der Waals surface area contributed by atoms with Gasteiger partial charge in [-0.05, 0) is 37.3 Å². The van der Waals surface area contributed by atoms with Crippen molar-refractivity contribution >= 4 is 40.0 Å². The van der Waals surface area contributed by atoms with Crippen LogP contribution in [-0.4, -0.2) is 72.2 Å². The van der Waals surface area contributed by atoms with Crippen molar-refractivity contribution in [2.75, 3.05) is 50.7 Å². The molecule has 1 aliphatic heterocycles. The van der Waals surface area contributed by atoms with Gasteiger partial charge in [-0.2, -0.15) is 0 Å². The van der Waals surface area contributed by atoms with Crippen LogP contribution in [0.1, 0.15) is 27.9 Å². The Hall–Kier alpha value is -4.09. The zero-order valence-electron chi connectivity index (χ0n) is 20.1. The quantitative estimate of drug-likeness (QED) is 0.483. The fourth-order valence-electron chi connectivity index (χ4n) is 3.87. The summed E-state index contributed by atoms with van der Waals surface area (Å²) in [5, 5.41) is 5.61. The van der Waals surface area contributed by atoms with E-state index in [1.807, 2.05) is 0 Å². The minimum Gasteiger partial charge on any atom is -0.383 e. The standard InChI is InChI=1S/C25H27N5O6/c1-16(31)17-4-3-5-18(14-17)26-25(34)27-19-6-7-21-20(15-19)23(32)30(10-11-35-2)22(28-21)24(33)29-8-12-36-13-9-29/h3-7,14-15H,8-13H2,1-2H3,(H2,26,27,34). The third-order valence-corrected chi connectivity index (χ3v) is 5.75. The Balaban J connectivity index is 1.61. The Bertz CT molecular complexity index is 1360. The largest absolute Gasteiger partial charge is 0.383 e. The number of benzene rings is 2. The summed E-state index contributed by atoms with van der Waals surface area (Å²) < 4.78 is 11.8. The zero-order valence-corrected chi connectivity index (χ0v) is 20.1. The average molecular weight is 494 g/mol. The molecule has 0 atom stereocenters. The smallest absolute Gasteiger partial charge is 0.323 e. The molecule has 0 saturated carbocycles. The topological polar surface area (TPSA) is 132 Å². The predicted molar refractivity (Wildman–Crippen MR) is 134 cm³/mol. The van der Waals surface area contributed by atoms with Gasteiger partial charge in [0.2, 0.25) is 5.82 Å². The summed E-state index contributed by atoms with van der Waals surface area (Å²) in [5.74, 6) is -0.421. The number of fused-ring (bicyclic) bond motifs is 1. The number of carbonyl (C=O) groups is 3. The summed E-state index contributed by atoms with van der Waals surface area (Å²) in [5.41, 5.74) is 1.23. The molecule has 1 aliphatic rings. The second-order valence-electron chi connectivity index (χ2n) is 8.24. The van der Waals surface area contributed by atoms with Gasteiger partial charge in [-0.3, -0.25) is 19.0 Å². The van der Waals surface area contributed by atoms with Crippen molar-refractivity contribution in [3.05, 3.63) is 64.2 Å². The van der Waals surface area contributed by atoms with Crippen LogP contribution in [-0.2, 0) is 16.0 Å². The number of urea groups is 1. The molecule has 11 heteroatoms. The second-order valence-corrected chi connectivity index (χ2v) is 8.24. The zero-order chi connectivity index (χ0) is 25.7. The van der Waals surface area contributed by atoms with Gasteiger partial charge in [-0.1, -0.05) is 12.1 Å². The summed E-state index contributed by atoms with van der Waals surface area (Å²) in [6.45, 7) is 3.51. The van der Waals surface area contributed by atoms with Gasteiger partial charge in [-0.15, -0.1) is 0 Å². The number of carbonyl (C=O) groups excluding carboxylic acids is 3. The van der Waals surface area contributed by atoms with Crippen LogP contribution in [0.15, 0.2) is 47.3 Å². The molecule has 1 aromatic heterocycles. The minimum absolute atomic E-state index is 0.0373. The van der Waals surface area contributed by atoms with Crippen LogP contribution < -0.4 is 16.2 Å². The second kappa shape index (κ2) is 11.1. The van der Waals surface area contributed by atoms with Crippen molar-refractivity contribution in [2.24, 2.45) is 0 Å². The van der Waals surface area contributed by atoms with E-state index in [9.17, 15) is 19.2 Å². The molecule has 2 aromatic carbocycles. The fourth-order valence-corrected chi connectivity index (χ4v) is 3.87. The van der Waals surface area contributed by atoms with E-state index in [1.54, 1.807) is 41.3 Å². The first-order valence-electron chi connectivity index (χ1n) is 11.5. The number of morpholine rings is 1. The number of anilines is 2. The third-order valence-electron chi connectivity index (χ3n) is 5.75. The fraction of sp³-hybridized carbons (Fsp3) is 0.320. The molecule has 0 unspecified atom stereocenters. The van der Waals surface area contributed by atoms with Crippen LogP contribution in [0.25, 0.3) is 10.9 Å². The van der Waals surface area contributed by atoms with Crippen molar-refractivity contribution < 1.29 is 23.9 Å². The van der Waals surface area contributed by atoms with Gasteiger partial charge < -0.3 is 25.0 Å². The monoisotopic (exact) mass is 493 g/mol. The van der Waals surface area contributed by atoms with Crippen LogP contribution in [0, 0.1) is 0 Å². The van der Waals surface area contributed by atoms with E-state index in [0.717, 1.165) is 0 Å². The number of hydrogen-bond donors (Lipinski definition) is 2. The van der Waals surface area contributed by atoms with Gasteiger partial charge in [0.15, 0.2) is 5.78 Å². The van der Waals surface area contributed by atoms with Gasteiger partial charge in [0.05, 0.1) is 37.3 Å². The number of aromatic nitrogens is 2. The lowest BCUT2D eigenvalue weighted by atomic mass is 10.1. The van der Waals surface area contributed by atoms with Gasteiger partial charge in [0.25, 0.3) is 11.5 Å². The highest BCUT2D eigenvalue weighted by Crippen LogP contribution is 2.18. The van der Waals surface area contributed by atoms with E-state index in [4.69, 9.17) is 9.47 Å². The van der Waals surface area contributed by atoms with Crippen molar-refractivity contribution in [3.63, 3.8) is 0 Å². The Morgan fingerprint density at radius 2 is 1.78 bits per heavy atom. The highest BCUT2D eigenvalue weighted by molar-refractivity contribution is 6.02. The third kappa shape index (κ3) is 5.58. The highest BCUT2D eigenvalue weighted by atomic mass is 16.5. The van der Waals surface area contributed by atoms with Crippen molar-refractivity contribution in [2.45, 2.75) is 13.5 Å². The Morgan fingerprint density at radius 3 is 2.47 bits per heavy atom. The van der Waals surface area contributed by atoms with Crippen LogP contribution >= 0.6 is 0 Å². The molecule has 0 bridgehead atoms. The summed E-state index contributed by atoms with van der Waals surface area (Å²) in [6, 6.07) is 10.7. The molecule has 36 heavy (non-hydrogen) atoms. The van der Waals surface area contributed by atoms with Crippen LogP contribution in [0.2, 0.25) is 0 Å². The number of nitrogens with zero attached hydrogens (tertiary/aromatic N) is 3. The van der Waals surface area contributed by atoms with E-state index >= 15 is 0 Å². The molecule has 2 N–H and O–H groups in total. The lowest BCUT2D eigenvalue weighted by molar-refractivity contribution is 0.0289. The van der Waals surface area contributed by atoms with E-state index in [0.29, 0.717) is 48.8 Å². The Morgan fingerprint density at radius 1 is 1.06 bits per heavy atom. The maximum Gasteiger partial charge on any atom is 0.323 e. The van der Waals surface area contributed by atoms with Gasteiger partial charge in [0.1, 0.15) is 0 Å². The maximum absolute atomic E-state index is 13.4. The van der Waals surface area contributed by atoms with E-state index in [2.05, 4.69) is 15.6 Å². The number of ether oxygens (including phenoxy) is 2. The number of nitrogens with one attached hydrogen (secondary N) is 2. The van der Waals surface area contributed by atoms with E-state index in [-0.39, 0.29) is 36.1 Å². The molecule has 11 nitrogen and oxygen atoms in total. The van der Waals surface area contributed by atoms with E-state index in [1.165, 1.54) is 24.7 Å². The van der Waals surface area contributed by atoms with Crippen molar-refractivity contribution in [3.8, 4) is 0 Å². The summed E-state index contributed by atoms with van der Waals surface area (Å²) in [4.78, 5) is 56.7. The number of methoxy groups -OCH3 is 1. The molecule has 1 saturated heterocycles. The summed E-state index contributed by atoms with van der Waals surface area (Å²) >= 11 is 0. The Kier molecular flexibility index (Phi) is 7.71.